The van der Waals surface area contributed by atoms with Crippen molar-refractivity contribution in [3.05, 3.63) is 11.8 Å². The first-order valence-electron chi connectivity index (χ1n) is 9.24. The Labute approximate surface area is 140 Å². The van der Waals surface area contributed by atoms with Gasteiger partial charge in [0.25, 0.3) is 0 Å². The maximum absolute atomic E-state index is 12.2. The van der Waals surface area contributed by atoms with Gasteiger partial charge in [-0.15, -0.1) is 0 Å². The van der Waals surface area contributed by atoms with Gasteiger partial charge in [-0.05, 0) is 64.2 Å². The highest BCUT2D eigenvalue weighted by atomic mass is 16.6. The van der Waals surface area contributed by atoms with Crippen LogP contribution in [0.5, 0.6) is 0 Å². The van der Waals surface area contributed by atoms with Gasteiger partial charge < -0.3 is 14.5 Å². The lowest BCUT2D eigenvalue weighted by atomic mass is 9.77. The van der Waals surface area contributed by atoms with Gasteiger partial charge in [0.15, 0.2) is 0 Å². The Bertz CT molecular complexity index is 478. The van der Waals surface area contributed by atoms with Crippen LogP contribution < -0.4 is 0 Å². The number of likely N-dealkylation sites (tertiary alicyclic amines) is 2. The molecule has 4 nitrogen and oxygen atoms in total. The summed E-state index contributed by atoms with van der Waals surface area (Å²) in [6.07, 6.45) is 8.49. The first-order chi connectivity index (χ1) is 10.8. The first kappa shape index (κ1) is 16.7. The summed E-state index contributed by atoms with van der Waals surface area (Å²) < 4.78 is 5.52. The van der Waals surface area contributed by atoms with E-state index in [2.05, 4.69) is 17.9 Å². The zero-order valence-electron chi connectivity index (χ0n) is 15.2. The lowest BCUT2D eigenvalue weighted by Crippen LogP contribution is -2.44. The van der Waals surface area contributed by atoms with Crippen molar-refractivity contribution in [3.8, 4) is 0 Å². The minimum absolute atomic E-state index is 0.151. The van der Waals surface area contributed by atoms with Gasteiger partial charge in [0.05, 0.1) is 0 Å². The molecule has 3 aliphatic rings. The number of rotatable bonds is 1. The number of hydrogen-bond donors (Lipinski definition) is 0. The van der Waals surface area contributed by atoms with Crippen molar-refractivity contribution >= 4 is 6.09 Å². The smallest absolute Gasteiger partial charge is 0.410 e. The van der Waals surface area contributed by atoms with Crippen LogP contribution in [0.3, 0.4) is 0 Å². The molecule has 2 aliphatic heterocycles. The first-order valence-corrected chi connectivity index (χ1v) is 9.24. The molecule has 2 fully saturated rings. The quantitative estimate of drug-likeness (QED) is 0.731. The van der Waals surface area contributed by atoms with Crippen molar-refractivity contribution in [2.45, 2.75) is 65.4 Å². The maximum atomic E-state index is 12.2. The molecule has 1 amide bonds. The highest BCUT2D eigenvalue weighted by Gasteiger charge is 2.42. The summed E-state index contributed by atoms with van der Waals surface area (Å²) in [7, 11) is 0. The number of amides is 1. The Morgan fingerprint density at radius 1 is 1.17 bits per heavy atom. The molecule has 130 valence electrons. The van der Waals surface area contributed by atoms with Gasteiger partial charge in [-0.3, -0.25) is 0 Å². The van der Waals surface area contributed by atoms with Gasteiger partial charge in [-0.1, -0.05) is 13.0 Å². The fourth-order valence-electron chi connectivity index (χ4n) is 4.42. The summed E-state index contributed by atoms with van der Waals surface area (Å²) in [5.41, 5.74) is 1.49. The zero-order valence-corrected chi connectivity index (χ0v) is 15.2. The number of ether oxygens (including phenoxy) is 1. The van der Waals surface area contributed by atoms with Gasteiger partial charge in [0.1, 0.15) is 5.60 Å². The van der Waals surface area contributed by atoms with Crippen molar-refractivity contribution in [1.29, 1.82) is 0 Å². The molecule has 1 aliphatic carbocycles. The van der Waals surface area contributed by atoms with E-state index in [1.54, 1.807) is 5.70 Å². The molecule has 0 N–H and O–H groups in total. The predicted molar refractivity (Wildman–Crippen MR) is 92.1 cm³/mol. The molecule has 0 saturated carbocycles. The number of carbonyl (C=O) groups excluding carboxylic acids is 1. The summed E-state index contributed by atoms with van der Waals surface area (Å²) in [5.74, 6) is 0.668. The molecule has 4 heteroatoms. The molecule has 0 radical (unpaired) electrons. The molecule has 23 heavy (non-hydrogen) atoms. The molecule has 2 heterocycles. The van der Waals surface area contributed by atoms with Gasteiger partial charge >= 0.3 is 6.09 Å². The van der Waals surface area contributed by atoms with Crippen molar-refractivity contribution in [2.24, 2.45) is 11.3 Å². The minimum Gasteiger partial charge on any atom is -0.444 e. The topological polar surface area (TPSA) is 32.8 Å². The van der Waals surface area contributed by atoms with Crippen molar-refractivity contribution in [2.75, 3.05) is 26.2 Å². The van der Waals surface area contributed by atoms with Gasteiger partial charge in [0.2, 0.25) is 0 Å². The normalized spacial score (nSPS) is 27.5. The Balaban J connectivity index is 1.61. The van der Waals surface area contributed by atoms with E-state index < -0.39 is 5.60 Å². The average Bonchev–Trinajstić information content (AvgIpc) is 3.06. The number of piperidine rings is 1. The van der Waals surface area contributed by atoms with E-state index in [-0.39, 0.29) is 6.09 Å². The maximum Gasteiger partial charge on any atom is 0.410 e. The standard InChI is InChI=1S/C19H32N2O2/c1-15-13-19(14-16(15)20-9-5-6-10-20)7-11-21(12-8-19)17(22)23-18(2,3)4/h14-15H,5-13H2,1-4H3. The second-order valence-corrected chi connectivity index (χ2v) is 8.70. The molecular formula is C19H32N2O2. The van der Waals surface area contributed by atoms with Crippen LogP contribution >= 0.6 is 0 Å². The number of nitrogens with zero attached hydrogens (tertiary/aromatic N) is 2. The summed E-state index contributed by atoms with van der Waals surface area (Å²) >= 11 is 0. The summed E-state index contributed by atoms with van der Waals surface area (Å²) in [5, 5.41) is 0. The molecule has 1 spiro atoms. The van der Waals surface area contributed by atoms with Crippen LogP contribution in [0.2, 0.25) is 0 Å². The molecule has 0 aromatic heterocycles. The number of allylic oxidation sites excluding steroid dienone is 2. The molecule has 0 aromatic carbocycles. The Morgan fingerprint density at radius 3 is 2.35 bits per heavy atom. The fourth-order valence-corrected chi connectivity index (χ4v) is 4.42. The highest BCUT2D eigenvalue weighted by Crippen LogP contribution is 2.48. The molecular weight excluding hydrogens is 288 g/mol. The Morgan fingerprint density at radius 2 is 1.78 bits per heavy atom. The second kappa shape index (κ2) is 6.03. The van der Waals surface area contributed by atoms with E-state index in [0.29, 0.717) is 11.3 Å². The molecule has 1 atom stereocenters. The Hall–Kier alpha value is -1.19. The van der Waals surface area contributed by atoms with Crippen LogP contribution in [0.15, 0.2) is 11.8 Å². The summed E-state index contributed by atoms with van der Waals surface area (Å²) in [4.78, 5) is 16.7. The number of hydrogen-bond acceptors (Lipinski definition) is 3. The van der Waals surface area contributed by atoms with E-state index in [0.717, 1.165) is 25.9 Å². The van der Waals surface area contributed by atoms with E-state index in [9.17, 15) is 4.79 Å². The molecule has 2 saturated heterocycles. The van der Waals surface area contributed by atoms with E-state index in [4.69, 9.17) is 4.74 Å². The third kappa shape index (κ3) is 3.67. The lowest BCUT2D eigenvalue weighted by Gasteiger charge is -2.39. The fraction of sp³-hybridized carbons (Fsp3) is 0.842. The third-order valence-corrected chi connectivity index (χ3v) is 5.55. The monoisotopic (exact) mass is 320 g/mol. The molecule has 3 rings (SSSR count). The van der Waals surface area contributed by atoms with E-state index in [1.807, 2.05) is 25.7 Å². The van der Waals surface area contributed by atoms with Crippen LogP contribution in [0, 0.1) is 11.3 Å². The lowest BCUT2D eigenvalue weighted by molar-refractivity contribution is 0.0138. The Kier molecular flexibility index (Phi) is 4.37. The van der Waals surface area contributed by atoms with E-state index >= 15 is 0 Å². The van der Waals surface area contributed by atoms with Crippen LogP contribution in [-0.2, 0) is 4.74 Å². The average molecular weight is 320 g/mol. The zero-order chi connectivity index (χ0) is 16.7. The van der Waals surface area contributed by atoms with Crippen LogP contribution in [-0.4, -0.2) is 47.7 Å². The van der Waals surface area contributed by atoms with Crippen LogP contribution in [0.25, 0.3) is 0 Å². The predicted octanol–water partition coefficient (Wildman–Crippen LogP) is 4.02. The molecule has 0 aromatic rings. The number of carbonyl (C=O) groups is 1. The largest absolute Gasteiger partial charge is 0.444 e. The van der Waals surface area contributed by atoms with Crippen LogP contribution in [0.1, 0.15) is 59.8 Å². The van der Waals surface area contributed by atoms with Crippen molar-refractivity contribution in [1.82, 2.24) is 9.80 Å². The molecule has 0 bridgehead atoms. The van der Waals surface area contributed by atoms with Crippen molar-refractivity contribution in [3.63, 3.8) is 0 Å². The summed E-state index contributed by atoms with van der Waals surface area (Å²) in [6.45, 7) is 12.3. The third-order valence-electron chi connectivity index (χ3n) is 5.55. The summed E-state index contributed by atoms with van der Waals surface area (Å²) in [6, 6.07) is 0. The van der Waals surface area contributed by atoms with Gasteiger partial charge in [-0.25, -0.2) is 4.79 Å². The van der Waals surface area contributed by atoms with Gasteiger partial charge in [0, 0.05) is 31.9 Å². The highest BCUT2D eigenvalue weighted by molar-refractivity contribution is 5.68. The minimum atomic E-state index is -0.406. The van der Waals surface area contributed by atoms with E-state index in [1.165, 1.54) is 32.4 Å². The van der Waals surface area contributed by atoms with Gasteiger partial charge in [-0.2, -0.15) is 0 Å². The second-order valence-electron chi connectivity index (χ2n) is 8.70. The SMILES string of the molecule is CC1CC2(C=C1N1CCCC1)CCN(C(=O)OC(C)(C)C)CC2. The van der Waals surface area contributed by atoms with Crippen molar-refractivity contribution < 1.29 is 9.53 Å². The molecule has 1 unspecified atom stereocenters. The van der Waals surface area contributed by atoms with Crippen LogP contribution in [0.4, 0.5) is 4.79 Å².